The molecule has 0 radical (unpaired) electrons. The third kappa shape index (κ3) is 4.85. The summed E-state index contributed by atoms with van der Waals surface area (Å²) in [5.41, 5.74) is 2.77. The molecule has 0 atom stereocenters. The van der Waals surface area contributed by atoms with Gasteiger partial charge in [0.2, 0.25) is 0 Å². The summed E-state index contributed by atoms with van der Waals surface area (Å²) >= 11 is 0. The molecule has 1 aromatic heterocycles. The summed E-state index contributed by atoms with van der Waals surface area (Å²) in [6, 6.07) is 12.4. The maximum Gasteiger partial charge on any atom is 0.337 e. The number of aryl methyl sites for hydroxylation is 1. The third-order valence-corrected chi connectivity index (χ3v) is 5.83. The van der Waals surface area contributed by atoms with E-state index in [9.17, 15) is 9.59 Å². The molecule has 1 aliphatic carbocycles. The Hall–Kier alpha value is -3.41. The molecule has 3 aromatic rings. The average molecular weight is 418 g/mol. The second kappa shape index (κ2) is 9.16. The number of aromatic carboxylic acids is 1. The van der Waals surface area contributed by atoms with Crippen molar-refractivity contribution in [1.29, 1.82) is 0 Å². The molecule has 0 aliphatic heterocycles. The number of anilines is 1. The summed E-state index contributed by atoms with van der Waals surface area (Å²) in [6.07, 6.45) is 7.47. The van der Waals surface area contributed by atoms with Crippen molar-refractivity contribution < 1.29 is 19.4 Å². The highest BCUT2D eigenvalue weighted by Crippen LogP contribution is 2.29. The van der Waals surface area contributed by atoms with Gasteiger partial charge < -0.3 is 15.2 Å². The van der Waals surface area contributed by atoms with E-state index >= 15 is 0 Å². The molecule has 0 saturated heterocycles. The van der Waals surface area contributed by atoms with Crippen molar-refractivity contribution in [3.05, 3.63) is 65.4 Å². The molecular formula is C25H26N2O4. The van der Waals surface area contributed by atoms with Crippen LogP contribution in [0.4, 0.5) is 5.69 Å². The van der Waals surface area contributed by atoms with Crippen LogP contribution in [0.15, 0.2) is 48.7 Å². The Labute approximate surface area is 181 Å². The Balaban J connectivity index is 1.52. The Morgan fingerprint density at radius 3 is 2.71 bits per heavy atom. The van der Waals surface area contributed by atoms with Gasteiger partial charge in [-0.05, 0) is 55.5 Å². The highest BCUT2D eigenvalue weighted by Gasteiger charge is 2.19. The fourth-order valence-electron chi connectivity index (χ4n) is 4.09. The number of ether oxygens (including phenoxy) is 1. The molecule has 2 aromatic carbocycles. The number of carbonyl (C=O) groups excluding carboxylic acids is 1. The van der Waals surface area contributed by atoms with Gasteiger partial charge in [-0.2, -0.15) is 0 Å². The molecule has 1 heterocycles. The van der Waals surface area contributed by atoms with Gasteiger partial charge in [-0.3, -0.25) is 9.78 Å². The van der Waals surface area contributed by atoms with Gasteiger partial charge >= 0.3 is 5.97 Å². The van der Waals surface area contributed by atoms with Gasteiger partial charge in [0.05, 0.1) is 23.3 Å². The minimum atomic E-state index is -1.02. The second-order valence-corrected chi connectivity index (χ2v) is 8.16. The number of rotatable bonds is 6. The topological polar surface area (TPSA) is 88.5 Å². The molecular weight excluding hydrogens is 392 g/mol. The standard InChI is InChI=1S/C25H26N2O4/c1-16-6-5-9-21(23(16)31-15-17-7-3-2-4-8-17)24(28)27-20-11-10-18-12-19(25(29)30)14-26-22(18)13-20/h5-6,9-14,17H,2-4,7-8,15H2,1H3,(H,27,28)(H,29,30). The van der Waals surface area contributed by atoms with E-state index in [2.05, 4.69) is 10.3 Å². The third-order valence-electron chi connectivity index (χ3n) is 5.83. The summed E-state index contributed by atoms with van der Waals surface area (Å²) in [7, 11) is 0. The van der Waals surface area contributed by atoms with Crippen molar-refractivity contribution in [2.45, 2.75) is 39.0 Å². The maximum atomic E-state index is 13.0. The van der Waals surface area contributed by atoms with Crippen molar-refractivity contribution in [2.24, 2.45) is 5.92 Å². The molecule has 6 nitrogen and oxygen atoms in total. The van der Waals surface area contributed by atoms with Gasteiger partial charge in [0, 0.05) is 17.3 Å². The van der Waals surface area contributed by atoms with Crippen molar-refractivity contribution in [3.63, 3.8) is 0 Å². The van der Waals surface area contributed by atoms with E-state index in [-0.39, 0.29) is 11.5 Å². The number of para-hydroxylation sites is 1. The monoisotopic (exact) mass is 418 g/mol. The van der Waals surface area contributed by atoms with E-state index in [1.54, 1.807) is 30.3 Å². The number of fused-ring (bicyclic) bond motifs is 1. The van der Waals surface area contributed by atoms with Gasteiger partial charge in [0.1, 0.15) is 5.75 Å². The van der Waals surface area contributed by atoms with Crippen molar-refractivity contribution in [3.8, 4) is 5.75 Å². The predicted octanol–water partition coefficient (Wildman–Crippen LogP) is 5.45. The number of carboxylic acid groups (broad SMARTS) is 1. The van der Waals surface area contributed by atoms with Crippen LogP contribution in [-0.4, -0.2) is 28.6 Å². The Kier molecular flexibility index (Phi) is 6.16. The van der Waals surface area contributed by atoms with Crippen LogP contribution in [0.25, 0.3) is 10.9 Å². The van der Waals surface area contributed by atoms with E-state index in [1.165, 1.54) is 38.3 Å². The minimum Gasteiger partial charge on any atom is -0.492 e. The first-order valence-corrected chi connectivity index (χ1v) is 10.7. The van der Waals surface area contributed by atoms with Crippen LogP contribution in [0, 0.1) is 12.8 Å². The Morgan fingerprint density at radius 1 is 1.13 bits per heavy atom. The molecule has 4 rings (SSSR count). The number of carbonyl (C=O) groups is 2. The second-order valence-electron chi connectivity index (χ2n) is 8.16. The van der Waals surface area contributed by atoms with E-state index in [4.69, 9.17) is 9.84 Å². The summed E-state index contributed by atoms with van der Waals surface area (Å²) in [5, 5.41) is 12.7. The number of benzene rings is 2. The number of pyridine rings is 1. The van der Waals surface area contributed by atoms with Gasteiger partial charge in [0.25, 0.3) is 5.91 Å². The highest BCUT2D eigenvalue weighted by atomic mass is 16.5. The molecule has 0 unspecified atom stereocenters. The van der Waals surface area contributed by atoms with Gasteiger partial charge in [-0.1, -0.05) is 37.5 Å². The zero-order valence-electron chi connectivity index (χ0n) is 17.6. The largest absolute Gasteiger partial charge is 0.492 e. The predicted molar refractivity (Wildman–Crippen MR) is 120 cm³/mol. The molecule has 0 bridgehead atoms. The molecule has 1 aliphatic rings. The molecule has 1 fully saturated rings. The van der Waals surface area contributed by atoms with Crippen LogP contribution in [0.3, 0.4) is 0 Å². The van der Waals surface area contributed by atoms with Crippen LogP contribution in [-0.2, 0) is 0 Å². The minimum absolute atomic E-state index is 0.129. The number of nitrogens with zero attached hydrogens (tertiary/aromatic N) is 1. The zero-order chi connectivity index (χ0) is 21.8. The van der Waals surface area contributed by atoms with Crippen LogP contribution >= 0.6 is 0 Å². The average Bonchev–Trinajstić information content (AvgIpc) is 2.78. The number of carboxylic acids is 1. The lowest BCUT2D eigenvalue weighted by molar-refractivity contribution is 0.0696. The molecule has 6 heteroatoms. The first-order valence-electron chi connectivity index (χ1n) is 10.7. The van der Waals surface area contributed by atoms with E-state index in [1.807, 2.05) is 19.1 Å². The van der Waals surface area contributed by atoms with Gasteiger partial charge in [-0.15, -0.1) is 0 Å². The van der Waals surface area contributed by atoms with E-state index < -0.39 is 5.97 Å². The summed E-state index contributed by atoms with van der Waals surface area (Å²) < 4.78 is 6.14. The first kappa shape index (κ1) is 20.8. The quantitative estimate of drug-likeness (QED) is 0.555. The number of hydrogen-bond acceptors (Lipinski definition) is 4. The van der Waals surface area contributed by atoms with Crippen LogP contribution in [0.1, 0.15) is 58.4 Å². The number of hydrogen-bond donors (Lipinski definition) is 2. The van der Waals surface area contributed by atoms with Crippen LogP contribution < -0.4 is 10.1 Å². The van der Waals surface area contributed by atoms with Gasteiger partial charge in [0.15, 0.2) is 0 Å². The molecule has 1 saturated carbocycles. The van der Waals surface area contributed by atoms with Crippen molar-refractivity contribution in [2.75, 3.05) is 11.9 Å². The molecule has 0 spiro atoms. The summed E-state index contributed by atoms with van der Waals surface area (Å²) in [4.78, 5) is 28.3. The lowest BCUT2D eigenvalue weighted by Crippen LogP contribution is -2.18. The summed E-state index contributed by atoms with van der Waals surface area (Å²) in [5.74, 6) is -0.0852. The maximum absolute atomic E-state index is 13.0. The van der Waals surface area contributed by atoms with Crippen LogP contribution in [0.5, 0.6) is 5.75 Å². The number of aromatic nitrogens is 1. The number of nitrogens with one attached hydrogen (secondary N) is 1. The smallest absolute Gasteiger partial charge is 0.337 e. The fourth-order valence-corrected chi connectivity index (χ4v) is 4.09. The van der Waals surface area contributed by atoms with E-state index in [0.29, 0.717) is 40.4 Å². The van der Waals surface area contributed by atoms with Crippen LogP contribution in [0.2, 0.25) is 0 Å². The van der Waals surface area contributed by atoms with E-state index in [0.717, 1.165) is 5.56 Å². The zero-order valence-corrected chi connectivity index (χ0v) is 17.6. The van der Waals surface area contributed by atoms with Gasteiger partial charge in [-0.25, -0.2) is 4.79 Å². The SMILES string of the molecule is Cc1cccc(C(=O)Nc2ccc3cc(C(=O)O)cnc3c2)c1OCC1CCCCC1. The van der Waals surface area contributed by atoms with Crippen molar-refractivity contribution >= 4 is 28.5 Å². The number of amides is 1. The molecule has 160 valence electrons. The normalized spacial score (nSPS) is 14.4. The molecule has 31 heavy (non-hydrogen) atoms. The first-order chi connectivity index (χ1) is 15.0. The molecule has 2 N–H and O–H groups in total. The molecule has 1 amide bonds. The Morgan fingerprint density at radius 2 is 1.94 bits per heavy atom. The summed E-state index contributed by atoms with van der Waals surface area (Å²) in [6.45, 7) is 2.59. The fraction of sp³-hybridized carbons (Fsp3) is 0.320. The lowest BCUT2D eigenvalue weighted by atomic mass is 9.90. The highest BCUT2D eigenvalue weighted by molar-refractivity contribution is 6.07. The Bertz CT molecular complexity index is 1120. The lowest BCUT2D eigenvalue weighted by Gasteiger charge is -2.23. The van der Waals surface area contributed by atoms with Crippen molar-refractivity contribution in [1.82, 2.24) is 4.98 Å².